The van der Waals surface area contributed by atoms with E-state index < -0.39 is 0 Å². The molecule has 8 aliphatic rings. The molecule has 8 rings (SSSR count). The first-order chi connectivity index (χ1) is 33.6. The highest BCUT2D eigenvalue weighted by atomic mass is 16.2. The summed E-state index contributed by atoms with van der Waals surface area (Å²) in [5.74, 6) is 2.85. The Morgan fingerprint density at radius 2 is 0.875 bits per heavy atom. The third-order valence-corrected chi connectivity index (χ3v) is 22.5. The normalized spacial score (nSPS) is 36.8. The summed E-state index contributed by atoms with van der Waals surface area (Å²) in [6.45, 7) is 43.1. The van der Waals surface area contributed by atoms with Crippen LogP contribution in [0.4, 0.5) is 0 Å². The lowest BCUT2D eigenvalue weighted by Gasteiger charge is -2.58. The van der Waals surface area contributed by atoms with Gasteiger partial charge in [0, 0.05) is 107 Å². The molecule has 8 fully saturated rings. The van der Waals surface area contributed by atoms with Crippen LogP contribution in [0.15, 0.2) is 0 Å². The molecule has 0 saturated carbocycles. The Balaban J connectivity index is 0.000000178. The molecule has 4 atom stereocenters. The summed E-state index contributed by atoms with van der Waals surface area (Å²) in [6.07, 6.45) is 22.8. The van der Waals surface area contributed by atoms with E-state index >= 15 is 0 Å². The quantitative estimate of drug-likeness (QED) is 0.176. The number of piperazine rings is 1. The molecule has 4 bridgehead atoms. The number of ketones is 2. The van der Waals surface area contributed by atoms with Crippen molar-refractivity contribution in [3.05, 3.63) is 0 Å². The lowest BCUT2D eigenvalue weighted by atomic mass is 9.73. The average molecular weight is 1010 g/mol. The lowest BCUT2D eigenvalue weighted by Crippen LogP contribution is -2.73. The fourth-order valence-electron chi connectivity index (χ4n) is 17.3. The van der Waals surface area contributed by atoms with Gasteiger partial charge in [0.1, 0.15) is 34.7 Å². The van der Waals surface area contributed by atoms with Gasteiger partial charge in [-0.25, -0.2) is 0 Å². The van der Waals surface area contributed by atoms with Gasteiger partial charge in [-0.05, 0) is 87.0 Å². The molecule has 8 saturated heterocycles. The number of fused-ring (bicyclic) bond motifs is 6. The summed E-state index contributed by atoms with van der Waals surface area (Å²) in [5.41, 5.74) is 0.661. The largest absolute Gasteiger partial charge is 0.350 e. The Morgan fingerprint density at radius 1 is 0.486 bits per heavy atom. The van der Waals surface area contributed by atoms with Crippen molar-refractivity contribution in [1.29, 1.82) is 0 Å². The van der Waals surface area contributed by atoms with E-state index in [2.05, 4.69) is 79.7 Å². The number of quaternary nitrogens is 4. The van der Waals surface area contributed by atoms with Gasteiger partial charge in [-0.3, -0.25) is 19.2 Å². The number of hydrogen-bond donors (Lipinski definition) is 1. The van der Waals surface area contributed by atoms with E-state index in [0.717, 1.165) is 50.6 Å². The smallest absolute Gasteiger partial charge is 0.225 e. The number of carbonyl (C=O) groups is 4. The van der Waals surface area contributed by atoms with Crippen LogP contribution in [0.1, 0.15) is 226 Å². The molecule has 0 aromatic heterocycles. The van der Waals surface area contributed by atoms with Crippen LogP contribution >= 0.6 is 0 Å². The number of nitrogens with zero attached hydrogens (tertiary/aromatic N) is 5. The number of hydrogen-bond acceptors (Lipinski definition) is 4. The number of likely N-dealkylation sites (N-methyl/N-ethyl adjacent to an activating group) is 1. The predicted octanol–water partition coefficient (Wildman–Crippen LogP) is 11.5. The molecule has 0 aliphatic carbocycles. The first kappa shape index (κ1) is 61.0. The number of piperidine rings is 3. The van der Waals surface area contributed by atoms with Crippen molar-refractivity contribution < 1.29 is 37.1 Å². The molecule has 10 nitrogen and oxygen atoms in total. The van der Waals surface area contributed by atoms with Crippen molar-refractivity contribution in [3.63, 3.8) is 0 Å². The van der Waals surface area contributed by atoms with Gasteiger partial charge in [0.15, 0.2) is 0 Å². The second-order valence-corrected chi connectivity index (χ2v) is 28.4. The van der Waals surface area contributed by atoms with Gasteiger partial charge in [-0.2, -0.15) is 0 Å². The van der Waals surface area contributed by atoms with Gasteiger partial charge in [0.25, 0.3) is 0 Å². The van der Waals surface area contributed by atoms with Crippen molar-refractivity contribution in [2.75, 3.05) is 59.9 Å². The molecule has 8 aliphatic heterocycles. The van der Waals surface area contributed by atoms with Crippen molar-refractivity contribution >= 4 is 23.4 Å². The molecule has 0 radical (unpaired) electrons. The van der Waals surface area contributed by atoms with E-state index in [-0.39, 0.29) is 29.6 Å². The first-order valence-electron chi connectivity index (χ1n) is 30.7. The minimum atomic E-state index is 0.102. The summed E-state index contributed by atoms with van der Waals surface area (Å²) >= 11 is 0. The third kappa shape index (κ3) is 12.1. The van der Waals surface area contributed by atoms with E-state index in [4.69, 9.17) is 0 Å². The van der Waals surface area contributed by atoms with Gasteiger partial charge in [0.05, 0.1) is 103 Å². The molecular formula is C62H118N6O4+4. The van der Waals surface area contributed by atoms with E-state index in [9.17, 15) is 19.2 Å². The number of amides is 2. The van der Waals surface area contributed by atoms with Crippen molar-refractivity contribution in [1.82, 2.24) is 10.2 Å². The average Bonchev–Trinajstić information content (AvgIpc) is 4.04. The number of likely N-dealkylation sites (tertiary alicyclic amines) is 1. The standard InChI is InChI=1S/C17H32NO.C15H29N2O.C15H28N2O.C15H28NO/c1-12(2)17(19)11-14-9-15-7-6-8-16(10-14)18(15,5)13(3)4;1-11(2)15(18)16-9-13-7-6-8-14(10-16)17(13,5)12(3)4;1-12(2)14(18)16-11-15-7-5-9-17(15,13(3)4)10-6-8-15;1-12(2)14(17)11-15-7-5-9-16(15,13(3)4)10-6-8-15/h12-16H,6-11H2,1-5H3;11-14H,6-10H2,1-5H3;12-13H,5-11H2,1-4H3;12-13H,5-11H2,1-4H3/q2*+1;;+1/p+1. The summed E-state index contributed by atoms with van der Waals surface area (Å²) < 4.78 is 4.95. The third-order valence-electron chi connectivity index (χ3n) is 22.5. The Labute approximate surface area is 444 Å². The molecule has 10 heteroatoms. The van der Waals surface area contributed by atoms with E-state index in [1.54, 1.807) is 0 Å². The molecule has 0 aromatic rings. The fourth-order valence-corrected chi connectivity index (χ4v) is 17.3. The van der Waals surface area contributed by atoms with Crippen LogP contribution in [0.25, 0.3) is 0 Å². The van der Waals surface area contributed by atoms with Gasteiger partial charge in [0.2, 0.25) is 11.8 Å². The topological polar surface area (TPSA) is 83.6 Å². The summed E-state index contributed by atoms with van der Waals surface area (Å²) in [6, 6.07) is 5.66. The van der Waals surface area contributed by atoms with Gasteiger partial charge in [-0.1, -0.05) is 55.4 Å². The Morgan fingerprint density at radius 3 is 1.25 bits per heavy atom. The number of nitrogens with one attached hydrogen (secondary N) is 1. The number of rotatable bonds is 14. The maximum atomic E-state index is 12.2. The maximum Gasteiger partial charge on any atom is 0.225 e. The minimum absolute atomic E-state index is 0.102. The van der Waals surface area contributed by atoms with Crippen LogP contribution in [-0.2, 0) is 19.2 Å². The zero-order valence-corrected chi connectivity index (χ0v) is 50.6. The second kappa shape index (κ2) is 24.6. The zero-order valence-electron chi connectivity index (χ0n) is 50.6. The van der Waals surface area contributed by atoms with Crippen LogP contribution in [0.3, 0.4) is 0 Å². The van der Waals surface area contributed by atoms with Gasteiger partial charge >= 0.3 is 0 Å². The number of carbonyl (C=O) groups excluding carboxylic acids is 4. The van der Waals surface area contributed by atoms with E-state index in [0.29, 0.717) is 64.7 Å². The van der Waals surface area contributed by atoms with Gasteiger partial charge in [-0.15, -0.1) is 0 Å². The van der Waals surface area contributed by atoms with Crippen LogP contribution < -0.4 is 5.32 Å². The van der Waals surface area contributed by atoms with Crippen LogP contribution in [0, 0.1) is 29.6 Å². The highest BCUT2D eigenvalue weighted by molar-refractivity contribution is 5.81. The van der Waals surface area contributed by atoms with E-state index in [1.807, 2.05) is 55.4 Å². The fraction of sp³-hybridized carbons (Fsp3) is 0.935. The molecule has 72 heavy (non-hydrogen) atoms. The number of Topliss-reactive ketones (excluding diaryl/α,β-unsaturated/α-hetero) is 2. The minimum Gasteiger partial charge on any atom is -0.350 e. The van der Waals surface area contributed by atoms with Crippen molar-refractivity contribution in [3.8, 4) is 0 Å². The molecule has 0 spiro atoms. The zero-order chi connectivity index (χ0) is 53.8. The van der Waals surface area contributed by atoms with Crippen molar-refractivity contribution in [2.24, 2.45) is 29.6 Å². The van der Waals surface area contributed by atoms with Gasteiger partial charge < -0.3 is 28.1 Å². The molecule has 0 aromatic carbocycles. The molecule has 416 valence electrons. The SMILES string of the molecule is CC(C)C(=O)CC12CCC[N+]1(C(C)C)CCC2.CC(C)C(=O)CC1CC2CCCC(C1)[N+]2(C)C(C)C.CC(C)C(=O)N1CC2CCCC(C1)[N+]2(C)C(C)C.CC(C)C(=O)NCC12CCC[N+]1(C(C)C)CCC2. The molecule has 8 heterocycles. The van der Waals surface area contributed by atoms with Crippen LogP contribution in [-0.4, -0.2) is 166 Å². The monoisotopic (exact) mass is 1010 g/mol. The maximum absolute atomic E-state index is 12.2. The Hall–Kier alpha value is -1.88. The Kier molecular flexibility index (Phi) is 20.9. The highest BCUT2D eigenvalue weighted by Gasteiger charge is 2.61. The molecule has 2 amide bonds. The molecule has 1 N–H and O–H groups in total. The molecule has 4 unspecified atom stereocenters. The summed E-state index contributed by atoms with van der Waals surface area (Å²) in [4.78, 5) is 50.4. The second-order valence-electron chi connectivity index (χ2n) is 28.4. The van der Waals surface area contributed by atoms with Crippen LogP contribution in [0.2, 0.25) is 0 Å². The van der Waals surface area contributed by atoms with Crippen molar-refractivity contribution in [2.45, 2.75) is 286 Å². The summed E-state index contributed by atoms with van der Waals surface area (Å²) in [7, 11) is 4.88. The lowest BCUT2D eigenvalue weighted by molar-refractivity contribution is -0.985. The van der Waals surface area contributed by atoms with Crippen LogP contribution in [0.5, 0.6) is 0 Å². The molecular weight excluding hydrogens is 893 g/mol. The van der Waals surface area contributed by atoms with E-state index in [1.165, 1.54) is 147 Å². The highest BCUT2D eigenvalue weighted by Crippen LogP contribution is 2.51. The predicted molar refractivity (Wildman–Crippen MR) is 299 cm³/mol. The summed E-state index contributed by atoms with van der Waals surface area (Å²) in [5, 5.41) is 3.21. The Bertz CT molecular complexity index is 1750. The first-order valence-corrected chi connectivity index (χ1v) is 30.7.